The van der Waals surface area contributed by atoms with Gasteiger partial charge in [-0.25, -0.2) is 0 Å². The number of nitriles is 1. The molecule has 0 amide bonds. The smallest absolute Gasteiger partial charge is 0.142 e. The first-order chi connectivity index (χ1) is 8.78. The predicted octanol–water partition coefficient (Wildman–Crippen LogP) is 3.47. The number of hydrogen-bond acceptors (Lipinski definition) is 4. The molecule has 3 nitrogen and oxygen atoms in total. The molecule has 1 aromatic carbocycles. The van der Waals surface area contributed by atoms with E-state index in [-0.39, 0.29) is 6.04 Å². The van der Waals surface area contributed by atoms with E-state index in [1.165, 1.54) is 10.4 Å². The van der Waals surface area contributed by atoms with Gasteiger partial charge in [-0.05, 0) is 42.1 Å². The van der Waals surface area contributed by atoms with Crippen molar-refractivity contribution in [2.75, 3.05) is 11.9 Å². The average Bonchev–Trinajstić information content (AvgIpc) is 2.83. The van der Waals surface area contributed by atoms with Crippen molar-refractivity contribution >= 4 is 17.0 Å². The number of nitrogens with zero attached hydrogens (tertiary/aromatic N) is 1. The minimum Gasteiger partial charge on any atom is -0.489 e. The van der Waals surface area contributed by atoms with Crippen LogP contribution in [0.2, 0.25) is 0 Å². The molecule has 2 aromatic rings. The number of rotatable bonds is 1. The Hall–Kier alpha value is -1.99. The standard InChI is InChI=1S/C14H12N2OS/c1-9-4-5-18-14(9)12-8-17-13-3-2-10(7-15)6-11(13)16-12/h2-6,12,16H,8H2,1H3. The molecule has 3 rings (SSSR count). The molecule has 18 heavy (non-hydrogen) atoms. The summed E-state index contributed by atoms with van der Waals surface area (Å²) in [5.41, 5.74) is 2.83. The van der Waals surface area contributed by atoms with E-state index in [9.17, 15) is 0 Å². The number of fused-ring (bicyclic) bond motifs is 1. The molecule has 0 aliphatic carbocycles. The van der Waals surface area contributed by atoms with Crippen molar-refractivity contribution in [2.24, 2.45) is 0 Å². The zero-order valence-electron chi connectivity index (χ0n) is 9.93. The first-order valence-corrected chi connectivity index (χ1v) is 6.63. The normalized spacial score (nSPS) is 17.2. The summed E-state index contributed by atoms with van der Waals surface area (Å²) in [5.74, 6) is 0.819. The van der Waals surface area contributed by atoms with Crippen LogP contribution in [-0.2, 0) is 0 Å². The van der Waals surface area contributed by atoms with Crippen LogP contribution in [0.15, 0.2) is 29.6 Å². The monoisotopic (exact) mass is 256 g/mol. The van der Waals surface area contributed by atoms with Gasteiger partial charge in [0, 0.05) is 4.88 Å². The fourth-order valence-corrected chi connectivity index (χ4v) is 3.09. The molecule has 1 N–H and O–H groups in total. The van der Waals surface area contributed by atoms with Crippen molar-refractivity contribution in [1.29, 1.82) is 5.26 Å². The highest BCUT2D eigenvalue weighted by molar-refractivity contribution is 7.10. The maximum atomic E-state index is 8.92. The van der Waals surface area contributed by atoms with Crippen LogP contribution in [0.25, 0.3) is 0 Å². The van der Waals surface area contributed by atoms with Crippen LogP contribution in [0.4, 0.5) is 5.69 Å². The number of anilines is 1. The second-order valence-corrected chi connectivity index (χ2v) is 5.25. The maximum absolute atomic E-state index is 8.92. The third-order valence-electron chi connectivity index (χ3n) is 3.06. The lowest BCUT2D eigenvalue weighted by Crippen LogP contribution is -2.23. The van der Waals surface area contributed by atoms with E-state index in [4.69, 9.17) is 10.00 Å². The van der Waals surface area contributed by atoms with Gasteiger partial charge in [-0.15, -0.1) is 11.3 Å². The van der Waals surface area contributed by atoms with Crippen molar-refractivity contribution in [3.05, 3.63) is 45.6 Å². The Bertz CT molecular complexity index is 627. The molecule has 0 radical (unpaired) electrons. The number of ether oxygens (including phenoxy) is 1. The zero-order valence-corrected chi connectivity index (χ0v) is 10.8. The largest absolute Gasteiger partial charge is 0.489 e. The van der Waals surface area contributed by atoms with Gasteiger partial charge < -0.3 is 10.1 Å². The zero-order chi connectivity index (χ0) is 12.5. The van der Waals surface area contributed by atoms with Gasteiger partial charge in [-0.3, -0.25) is 0 Å². The van der Waals surface area contributed by atoms with Gasteiger partial charge >= 0.3 is 0 Å². The highest BCUT2D eigenvalue weighted by atomic mass is 32.1. The second-order valence-electron chi connectivity index (χ2n) is 4.30. The van der Waals surface area contributed by atoms with Crippen molar-refractivity contribution in [2.45, 2.75) is 13.0 Å². The molecule has 0 bridgehead atoms. The molecular weight excluding hydrogens is 244 g/mol. The van der Waals surface area contributed by atoms with Crippen molar-refractivity contribution in [3.63, 3.8) is 0 Å². The summed E-state index contributed by atoms with van der Waals surface area (Å²) in [6.45, 7) is 2.73. The lowest BCUT2D eigenvalue weighted by atomic mass is 10.1. The maximum Gasteiger partial charge on any atom is 0.142 e. The fraction of sp³-hybridized carbons (Fsp3) is 0.214. The van der Waals surface area contributed by atoms with Gasteiger partial charge in [-0.1, -0.05) is 0 Å². The Balaban J connectivity index is 1.93. The summed E-state index contributed by atoms with van der Waals surface area (Å²) < 4.78 is 5.75. The van der Waals surface area contributed by atoms with Gasteiger partial charge in [0.1, 0.15) is 12.4 Å². The third-order valence-corrected chi connectivity index (χ3v) is 4.19. The van der Waals surface area contributed by atoms with E-state index in [1.54, 1.807) is 17.4 Å². The minimum absolute atomic E-state index is 0.173. The molecule has 0 saturated carbocycles. The molecule has 1 aromatic heterocycles. The molecule has 0 saturated heterocycles. The van der Waals surface area contributed by atoms with Gasteiger partial charge in [0.15, 0.2) is 0 Å². The highest BCUT2D eigenvalue weighted by Gasteiger charge is 2.22. The van der Waals surface area contributed by atoms with Crippen LogP contribution in [0.3, 0.4) is 0 Å². The Kier molecular flexibility index (Phi) is 2.69. The number of nitrogens with one attached hydrogen (secondary N) is 1. The summed E-state index contributed by atoms with van der Waals surface area (Å²) in [6, 6.07) is 9.89. The van der Waals surface area contributed by atoms with E-state index in [1.807, 2.05) is 12.1 Å². The molecule has 0 spiro atoms. The molecule has 4 heteroatoms. The Morgan fingerprint density at radius 3 is 3.06 bits per heavy atom. The number of aryl methyl sites for hydroxylation is 1. The molecule has 0 fully saturated rings. The minimum atomic E-state index is 0.173. The summed E-state index contributed by atoms with van der Waals surface area (Å²) >= 11 is 1.73. The van der Waals surface area contributed by atoms with E-state index >= 15 is 0 Å². The fourth-order valence-electron chi connectivity index (χ4n) is 2.12. The predicted molar refractivity (Wildman–Crippen MR) is 72.1 cm³/mol. The molecular formula is C14H12N2OS. The van der Waals surface area contributed by atoms with E-state index in [2.05, 4.69) is 29.8 Å². The average molecular weight is 256 g/mol. The molecule has 1 unspecified atom stereocenters. The van der Waals surface area contributed by atoms with Gasteiger partial charge in [0.05, 0.1) is 23.4 Å². The van der Waals surface area contributed by atoms with Crippen LogP contribution < -0.4 is 10.1 Å². The quantitative estimate of drug-likeness (QED) is 0.849. The van der Waals surface area contributed by atoms with Crippen molar-refractivity contribution in [3.8, 4) is 11.8 Å². The SMILES string of the molecule is Cc1ccsc1C1COc2ccc(C#N)cc2N1. The van der Waals surface area contributed by atoms with E-state index in [0.29, 0.717) is 12.2 Å². The van der Waals surface area contributed by atoms with Gasteiger partial charge in [0.25, 0.3) is 0 Å². The highest BCUT2D eigenvalue weighted by Crippen LogP contribution is 2.36. The molecule has 1 atom stereocenters. The summed E-state index contributed by atoms with van der Waals surface area (Å²) in [4.78, 5) is 1.29. The van der Waals surface area contributed by atoms with Crippen LogP contribution in [0.1, 0.15) is 22.0 Å². The third kappa shape index (κ3) is 1.83. The molecule has 90 valence electrons. The van der Waals surface area contributed by atoms with Crippen LogP contribution in [0, 0.1) is 18.3 Å². The molecule has 2 heterocycles. The topological polar surface area (TPSA) is 45.0 Å². The lowest BCUT2D eigenvalue weighted by Gasteiger charge is -2.27. The first-order valence-electron chi connectivity index (χ1n) is 5.75. The van der Waals surface area contributed by atoms with E-state index in [0.717, 1.165) is 11.4 Å². The molecule has 1 aliphatic heterocycles. The van der Waals surface area contributed by atoms with Crippen LogP contribution in [-0.4, -0.2) is 6.61 Å². The lowest BCUT2D eigenvalue weighted by molar-refractivity contribution is 0.287. The van der Waals surface area contributed by atoms with Gasteiger partial charge in [-0.2, -0.15) is 5.26 Å². The van der Waals surface area contributed by atoms with Crippen LogP contribution in [0.5, 0.6) is 5.75 Å². The number of benzene rings is 1. The second kappa shape index (κ2) is 4.35. The van der Waals surface area contributed by atoms with Crippen LogP contribution >= 0.6 is 11.3 Å². The summed E-state index contributed by atoms with van der Waals surface area (Å²) in [5, 5.41) is 14.5. The first kappa shape index (κ1) is 11.1. The Morgan fingerprint density at radius 1 is 1.44 bits per heavy atom. The van der Waals surface area contributed by atoms with Crippen molar-refractivity contribution in [1.82, 2.24) is 0 Å². The summed E-state index contributed by atoms with van der Waals surface area (Å²) in [6.07, 6.45) is 0. The summed E-state index contributed by atoms with van der Waals surface area (Å²) in [7, 11) is 0. The molecule has 1 aliphatic rings. The van der Waals surface area contributed by atoms with E-state index < -0.39 is 0 Å². The number of hydrogen-bond donors (Lipinski definition) is 1. The van der Waals surface area contributed by atoms with Gasteiger partial charge in [0.2, 0.25) is 0 Å². The Labute approximate surface area is 110 Å². The number of thiophene rings is 1. The van der Waals surface area contributed by atoms with Crippen molar-refractivity contribution < 1.29 is 4.74 Å². The Morgan fingerprint density at radius 2 is 2.33 bits per heavy atom.